The van der Waals surface area contributed by atoms with E-state index < -0.39 is 12.1 Å². The maximum absolute atomic E-state index is 12.5. The van der Waals surface area contributed by atoms with Crippen molar-refractivity contribution in [2.75, 3.05) is 13.2 Å². The van der Waals surface area contributed by atoms with Gasteiger partial charge in [-0.05, 0) is 44.9 Å². The zero-order valence-electron chi connectivity index (χ0n) is 43.7. The third kappa shape index (κ3) is 51.6. The number of hydrogen-bond acceptors (Lipinski definition) is 5. The third-order valence-electron chi connectivity index (χ3n) is 13.5. The Morgan fingerprint density at radius 3 is 1.20 bits per heavy atom. The second-order valence-electron chi connectivity index (χ2n) is 20.0. The van der Waals surface area contributed by atoms with E-state index in [-0.39, 0.29) is 18.5 Å². The molecule has 0 radical (unpaired) electrons. The lowest BCUT2D eigenvalue weighted by molar-refractivity contribution is -0.143. The number of allylic oxidation sites excluding steroid dienone is 4. The van der Waals surface area contributed by atoms with Crippen LogP contribution in [0.15, 0.2) is 24.3 Å². The van der Waals surface area contributed by atoms with Crippen molar-refractivity contribution in [2.45, 2.75) is 328 Å². The monoisotopic (exact) mass is 916 g/mol. The Balaban J connectivity index is 3.53. The quantitative estimate of drug-likeness (QED) is 0.0321. The number of nitrogens with one attached hydrogen (secondary N) is 1. The predicted octanol–water partition coefficient (Wildman–Crippen LogP) is 17.9. The van der Waals surface area contributed by atoms with E-state index in [0.717, 1.165) is 51.4 Å². The summed E-state index contributed by atoms with van der Waals surface area (Å²) >= 11 is 0. The van der Waals surface area contributed by atoms with Crippen LogP contribution in [0.1, 0.15) is 316 Å². The molecule has 0 saturated heterocycles. The highest BCUT2D eigenvalue weighted by Crippen LogP contribution is 2.17. The topological polar surface area (TPSA) is 95.9 Å². The Hall–Kier alpha value is -1.66. The van der Waals surface area contributed by atoms with Crippen LogP contribution in [-0.2, 0) is 14.3 Å². The van der Waals surface area contributed by atoms with E-state index in [1.54, 1.807) is 0 Å². The molecule has 0 aromatic carbocycles. The Labute approximate surface area is 405 Å². The molecule has 0 aliphatic carbocycles. The Bertz CT molecular complexity index is 1010. The van der Waals surface area contributed by atoms with E-state index in [2.05, 4.69) is 37.4 Å². The fraction of sp³-hybridized carbons (Fsp3) is 0.898. The summed E-state index contributed by atoms with van der Waals surface area (Å²) in [5.41, 5.74) is 0. The first-order valence-corrected chi connectivity index (χ1v) is 29.1. The molecule has 0 spiro atoms. The SMILES string of the molecule is CCCCCCCCCCCCCCCCCCCCCCCCCCC(O)C(CO)NC(=O)CC/C=C\C/C=C\CCCCCCCCOC(=O)CCCCCCCCCCCCC. The van der Waals surface area contributed by atoms with Gasteiger partial charge in [0.2, 0.25) is 5.91 Å². The number of amides is 1. The summed E-state index contributed by atoms with van der Waals surface area (Å²) in [7, 11) is 0. The summed E-state index contributed by atoms with van der Waals surface area (Å²) in [5, 5.41) is 23.3. The fourth-order valence-electron chi connectivity index (χ4n) is 9.04. The number of esters is 1. The van der Waals surface area contributed by atoms with Crippen LogP contribution < -0.4 is 5.32 Å². The van der Waals surface area contributed by atoms with Crippen molar-refractivity contribution in [3.63, 3.8) is 0 Å². The molecule has 6 heteroatoms. The van der Waals surface area contributed by atoms with E-state index >= 15 is 0 Å². The number of aliphatic hydroxyl groups excluding tert-OH is 2. The molecular weight excluding hydrogens is 803 g/mol. The Kier molecular flexibility index (Phi) is 53.5. The van der Waals surface area contributed by atoms with Gasteiger partial charge in [-0.2, -0.15) is 0 Å². The largest absolute Gasteiger partial charge is 0.466 e. The third-order valence-corrected chi connectivity index (χ3v) is 13.5. The number of hydrogen-bond donors (Lipinski definition) is 3. The highest BCUT2D eigenvalue weighted by molar-refractivity contribution is 5.76. The van der Waals surface area contributed by atoms with E-state index in [0.29, 0.717) is 32.3 Å². The van der Waals surface area contributed by atoms with Crippen molar-refractivity contribution in [3.8, 4) is 0 Å². The van der Waals surface area contributed by atoms with Crippen LogP contribution in [0.3, 0.4) is 0 Å². The van der Waals surface area contributed by atoms with Gasteiger partial charge in [0.05, 0.1) is 25.4 Å². The van der Waals surface area contributed by atoms with Gasteiger partial charge in [0.25, 0.3) is 0 Å². The number of aliphatic hydroxyl groups is 2. The van der Waals surface area contributed by atoms with Gasteiger partial charge in [-0.15, -0.1) is 0 Å². The van der Waals surface area contributed by atoms with E-state index in [4.69, 9.17) is 4.74 Å². The van der Waals surface area contributed by atoms with Crippen molar-refractivity contribution in [3.05, 3.63) is 24.3 Å². The van der Waals surface area contributed by atoms with Gasteiger partial charge < -0.3 is 20.3 Å². The fourth-order valence-corrected chi connectivity index (χ4v) is 9.04. The van der Waals surface area contributed by atoms with Crippen molar-refractivity contribution in [1.29, 1.82) is 0 Å². The lowest BCUT2D eigenvalue weighted by Crippen LogP contribution is -2.45. The van der Waals surface area contributed by atoms with Gasteiger partial charge in [0.15, 0.2) is 0 Å². The molecule has 2 atom stereocenters. The second kappa shape index (κ2) is 54.9. The number of carbonyl (C=O) groups excluding carboxylic acids is 2. The molecule has 2 unspecified atom stereocenters. The van der Waals surface area contributed by atoms with Crippen LogP contribution in [0.2, 0.25) is 0 Å². The molecule has 0 heterocycles. The molecule has 0 bridgehead atoms. The van der Waals surface area contributed by atoms with Crippen LogP contribution in [0.5, 0.6) is 0 Å². The molecule has 0 saturated carbocycles. The molecule has 1 amide bonds. The van der Waals surface area contributed by atoms with Gasteiger partial charge in [-0.25, -0.2) is 0 Å². The molecule has 0 fully saturated rings. The summed E-state index contributed by atoms with van der Waals surface area (Å²) in [6, 6.07) is -0.586. The minimum atomic E-state index is -0.699. The first-order chi connectivity index (χ1) is 32.0. The highest BCUT2D eigenvalue weighted by Gasteiger charge is 2.19. The van der Waals surface area contributed by atoms with Crippen LogP contribution in [0, 0.1) is 0 Å². The summed E-state index contributed by atoms with van der Waals surface area (Å²) in [6.45, 7) is 4.90. The Morgan fingerprint density at radius 1 is 0.431 bits per heavy atom. The summed E-state index contributed by atoms with van der Waals surface area (Å²) < 4.78 is 5.44. The summed E-state index contributed by atoms with van der Waals surface area (Å²) in [4.78, 5) is 24.4. The summed E-state index contributed by atoms with van der Waals surface area (Å²) in [6.07, 6.45) is 66.2. The maximum Gasteiger partial charge on any atom is 0.305 e. The molecule has 0 aromatic rings. The smallest absolute Gasteiger partial charge is 0.305 e. The van der Waals surface area contributed by atoms with E-state index in [1.807, 2.05) is 6.08 Å². The lowest BCUT2D eigenvalue weighted by Gasteiger charge is -2.22. The zero-order valence-corrected chi connectivity index (χ0v) is 43.7. The highest BCUT2D eigenvalue weighted by atomic mass is 16.5. The molecular formula is C59H113NO5. The van der Waals surface area contributed by atoms with Gasteiger partial charge in [-0.1, -0.05) is 282 Å². The average Bonchev–Trinajstić information content (AvgIpc) is 3.31. The number of carbonyl (C=O) groups is 2. The molecule has 0 aliphatic rings. The van der Waals surface area contributed by atoms with Crippen LogP contribution in [0.4, 0.5) is 0 Å². The van der Waals surface area contributed by atoms with Gasteiger partial charge in [-0.3, -0.25) is 9.59 Å². The predicted molar refractivity (Wildman–Crippen MR) is 283 cm³/mol. The minimum absolute atomic E-state index is 0.0166. The van der Waals surface area contributed by atoms with Crippen molar-refractivity contribution in [1.82, 2.24) is 5.32 Å². The minimum Gasteiger partial charge on any atom is -0.466 e. The number of unbranched alkanes of at least 4 members (excludes halogenated alkanes) is 39. The molecule has 0 aliphatic heterocycles. The Morgan fingerprint density at radius 2 is 0.785 bits per heavy atom. The van der Waals surface area contributed by atoms with Gasteiger partial charge in [0, 0.05) is 12.8 Å². The zero-order chi connectivity index (χ0) is 47.2. The van der Waals surface area contributed by atoms with E-state index in [9.17, 15) is 19.8 Å². The van der Waals surface area contributed by atoms with Gasteiger partial charge >= 0.3 is 5.97 Å². The molecule has 65 heavy (non-hydrogen) atoms. The molecule has 0 aromatic heterocycles. The van der Waals surface area contributed by atoms with Crippen LogP contribution in [0.25, 0.3) is 0 Å². The van der Waals surface area contributed by atoms with Crippen molar-refractivity contribution in [2.24, 2.45) is 0 Å². The van der Waals surface area contributed by atoms with Crippen molar-refractivity contribution >= 4 is 11.9 Å². The average molecular weight is 917 g/mol. The van der Waals surface area contributed by atoms with Crippen molar-refractivity contribution < 1.29 is 24.5 Å². The van der Waals surface area contributed by atoms with Gasteiger partial charge in [0.1, 0.15) is 0 Å². The molecule has 0 rings (SSSR count). The maximum atomic E-state index is 12.5. The first kappa shape index (κ1) is 63.3. The normalized spacial score (nSPS) is 12.7. The van der Waals surface area contributed by atoms with Crippen LogP contribution >= 0.6 is 0 Å². The summed E-state index contributed by atoms with van der Waals surface area (Å²) in [5.74, 6) is -0.129. The molecule has 384 valence electrons. The standard InChI is InChI=1S/C59H113NO5/c1-3-5-7-9-11-13-15-16-17-18-19-20-21-22-23-24-25-26-28-32-35-39-43-47-51-57(62)56(55-61)60-58(63)52-48-44-40-36-33-29-27-30-34-38-42-46-50-54-65-59(64)53-49-45-41-37-31-14-12-10-8-6-4-2/h29,33,40,44,56-57,61-62H,3-28,30-32,34-39,41-43,45-55H2,1-2H3,(H,60,63)/b33-29-,44-40-. The number of ether oxygens (including phenoxy) is 1. The lowest BCUT2D eigenvalue weighted by atomic mass is 10.0. The molecule has 3 N–H and O–H groups in total. The second-order valence-corrected chi connectivity index (χ2v) is 20.0. The van der Waals surface area contributed by atoms with E-state index in [1.165, 1.54) is 225 Å². The molecule has 6 nitrogen and oxygen atoms in total. The number of rotatable bonds is 54. The first-order valence-electron chi connectivity index (χ1n) is 29.1. The van der Waals surface area contributed by atoms with Crippen LogP contribution in [-0.4, -0.2) is 47.4 Å².